The van der Waals surface area contributed by atoms with E-state index in [-0.39, 0.29) is 50.0 Å². The van der Waals surface area contributed by atoms with Gasteiger partial charge in [-0.1, -0.05) is 6.92 Å². The second kappa shape index (κ2) is 7.27. The summed E-state index contributed by atoms with van der Waals surface area (Å²) in [7, 11) is -3.71. The lowest BCUT2D eigenvalue weighted by Crippen LogP contribution is -2.12. The molecule has 148 valence electrons. The molecule has 0 atom stereocenters. The molecule has 0 amide bonds. The Morgan fingerprint density at radius 3 is 2.50 bits per heavy atom. The first-order valence-corrected chi connectivity index (χ1v) is 10.5. The summed E-state index contributed by atoms with van der Waals surface area (Å²) in [6.45, 7) is 5.31. The van der Waals surface area contributed by atoms with Gasteiger partial charge in [0.15, 0.2) is 15.4 Å². The van der Waals surface area contributed by atoms with Gasteiger partial charge in [0.1, 0.15) is 16.2 Å². The Hall–Kier alpha value is -2.87. The molecule has 2 aromatic carbocycles. The van der Waals surface area contributed by atoms with Crippen LogP contribution in [0, 0.1) is 0 Å². The highest BCUT2D eigenvalue weighted by molar-refractivity contribution is 7.91. The molecule has 0 unspecified atom stereocenters. The summed E-state index contributed by atoms with van der Waals surface area (Å²) in [6.07, 6.45) is 0.170. The van der Waals surface area contributed by atoms with Crippen LogP contribution in [-0.2, 0) is 9.84 Å². The lowest BCUT2D eigenvalue weighted by Gasteiger charge is -2.14. The number of ether oxygens (including phenoxy) is 1. The molecule has 0 bridgehead atoms. The highest BCUT2D eigenvalue weighted by atomic mass is 32.2. The maximum absolute atomic E-state index is 13.0. The monoisotopic (exact) mass is 404 g/mol. The van der Waals surface area contributed by atoms with E-state index in [1.54, 1.807) is 20.8 Å². The third-order valence-electron chi connectivity index (χ3n) is 4.14. The number of sulfone groups is 1. The molecule has 1 heterocycles. The summed E-state index contributed by atoms with van der Waals surface area (Å²) >= 11 is 0. The molecule has 0 radical (unpaired) electrons. The summed E-state index contributed by atoms with van der Waals surface area (Å²) < 4.78 is 36.9. The Bertz CT molecular complexity index is 1240. The van der Waals surface area contributed by atoms with Crippen molar-refractivity contribution in [3.8, 4) is 5.75 Å². The number of hydrogen-bond acceptors (Lipinski definition) is 6. The number of rotatable bonds is 6. The molecule has 0 aliphatic rings. The molecule has 0 aliphatic heterocycles. The van der Waals surface area contributed by atoms with E-state index < -0.39 is 21.2 Å². The minimum absolute atomic E-state index is 0.0304. The van der Waals surface area contributed by atoms with E-state index in [9.17, 15) is 18.0 Å². The standard InChI is InChI=1S/C20H20O7S/c1-4-7-28(24,25)17-10-13(26-11(2)3)9-15-18(21)14-8-12(20(22)23)5-6-16(14)27-19(15)17/h5-6,8-11H,4,7H2,1-3H3,(H,22,23). The van der Waals surface area contributed by atoms with Crippen LogP contribution in [0.5, 0.6) is 5.75 Å². The van der Waals surface area contributed by atoms with E-state index in [1.807, 2.05) is 0 Å². The summed E-state index contributed by atoms with van der Waals surface area (Å²) in [5.74, 6) is -1.05. The maximum atomic E-state index is 13.0. The second-order valence-corrected chi connectivity index (χ2v) is 8.81. The molecule has 1 N–H and O–H groups in total. The minimum Gasteiger partial charge on any atom is -0.491 e. The first kappa shape index (κ1) is 19.9. The Morgan fingerprint density at radius 1 is 1.18 bits per heavy atom. The second-order valence-electron chi connectivity index (χ2n) is 6.73. The number of carbonyl (C=O) groups is 1. The van der Waals surface area contributed by atoms with Crippen LogP contribution in [0.1, 0.15) is 37.6 Å². The number of aromatic carboxylic acids is 1. The molecule has 0 spiro atoms. The average molecular weight is 404 g/mol. The SMILES string of the molecule is CCCS(=O)(=O)c1cc(OC(C)C)cc2c(=O)c3cc(C(=O)O)ccc3oc12. The lowest BCUT2D eigenvalue weighted by molar-refractivity contribution is 0.0697. The fraction of sp³-hybridized carbons (Fsp3) is 0.300. The molecule has 3 rings (SSSR count). The Kier molecular flexibility index (Phi) is 5.16. The number of carboxylic acids is 1. The fourth-order valence-corrected chi connectivity index (χ4v) is 4.47. The maximum Gasteiger partial charge on any atom is 0.335 e. The van der Waals surface area contributed by atoms with E-state index in [4.69, 9.17) is 14.3 Å². The van der Waals surface area contributed by atoms with E-state index in [2.05, 4.69) is 0 Å². The van der Waals surface area contributed by atoms with Gasteiger partial charge in [0.25, 0.3) is 0 Å². The smallest absolute Gasteiger partial charge is 0.335 e. The van der Waals surface area contributed by atoms with Crippen LogP contribution in [-0.4, -0.2) is 31.4 Å². The molecule has 0 fully saturated rings. The van der Waals surface area contributed by atoms with E-state index in [0.29, 0.717) is 6.42 Å². The van der Waals surface area contributed by atoms with Crippen LogP contribution in [0.3, 0.4) is 0 Å². The van der Waals surface area contributed by atoms with Crippen LogP contribution >= 0.6 is 0 Å². The van der Waals surface area contributed by atoms with E-state index >= 15 is 0 Å². The lowest BCUT2D eigenvalue weighted by atomic mass is 10.1. The van der Waals surface area contributed by atoms with Crippen molar-refractivity contribution < 1.29 is 27.5 Å². The Balaban J connectivity index is 2.44. The quantitative estimate of drug-likeness (QED) is 0.625. The van der Waals surface area contributed by atoms with Crippen LogP contribution < -0.4 is 10.2 Å². The highest BCUT2D eigenvalue weighted by Gasteiger charge is 2.23. The van der Waals surface area contributed by atoms with Gasteiger partial charge < -0.3 is 14.3 Å². The van der Waals surface area contributed by atoms with Crippen LogP contribution in [0.25, 0.3) is 21.9 Å². The van der Waals surface area contributed by atoms with Gasteiger partial charge in [0.05, 0.1) is 28.2 Å². The van der Waals surface area contributed by atoms with Gasteiger partial charge in [-0.2, -0.15) is 0 Å². The third kappa shape index (κ3) is 3.60. The molecule has 28 heavy (non-hydrogen) atoms. The average Bonchev–Trinajstić information content (AvgIpc) is 2.61. The van der Waals surface area contributed by atoms with Crippen molar-refractivity contribution in [2.45, 2.75) is 38.2 Å². The topological polar surface area (TPSA) is 111 Å². The predicted molar refractivity (Wildman–Crippen MR) is 105 cm³/mol. The number of carboxylic acid groups (broad SMARTS) is 1. The number of benzene rings is 2. The molecular formula is C20H20O7S. The van der Waals surface area contributed by atoms with Gasteiger partial charge in [-0.15, -0.1) is 0 Å². The summed E-state index contributed by atoms with van der Waals surface area (Å²) in [5.41, 5.74) is -0.507. The predicted octanol–water partition coefficient (Wildman–Crippen LogP) is 3.62. The van der Waals surface area contributed by atoms with Gasteiger partial charge >= 0.3 is 5.97 Å². The normalized spacial score (nSPS) is 12.0. The fourth-order valence-electron chi connectivity index (χ4n) is 2.99. The zero-order chi connectivity index (χ0) is 20.6. The van der Waals surface area contributed by atoms with Crippen molar-refractivity contribution in [1.82, 2.24) is 0 Å². The zero-order valence-electron chi connectivity index (χ0n) is 15.7. The largest absolute Gasteiger partial charge is 0.491 e. The number of fused-ring (bicyclic) bond motifs is 2. The molecule has 0 saturated carbocycles. The van der Waals surface area contributed by atoms with Crippen molar-refractivity contribution in [3.63, 3.8) is 0 Å². The highest BCUT2D eigenvalue weighted by Crippen LogP contribution is 2.31. The minimum atomic E-state index is -3.71. The molecule has 7 nitrogen and oxygen atoms in total. The van der Waals surface area contributed by atoms with Crippen molar-refractivity contribution in [3.05, 3.63) is 46.1 Å². The Labute approximate surface area is 161 Å². The van der Waals surface area contributed by atoms with Gasteiger partial charge in [-0.25, -0.2) is 13.2 Å². The summed E-state index contributed by atoms with van der Waals surface area (Å²) in [5, 5.41) is 9.26. The zero-order valence-corrected chi connectivity index (χ0v) is 16.5. The summed E-state index contributed by atoms with van der Waals surface area (Å²) in [4.78, 5) is 24.1. The van der Waals surface area contributed by atoms with Gasteiger partial charge in [-0.05, 0) is 44.5 Å². The van der Waals surface area contributed by atoms with E-state index in [0.717, 1.165) is 0 Å². The molecule has 3 aromatic rings. The van der Waals surface area contributed by atoms with Crippen LogP contribution in [0.2, 0.25) is 0 Å². The molecule has 1 aromatic heterocycles. The van der Waals surface area contributed by atoms with Crippen molar-refractivity contribution in [1.29, 1.82) is 0 Å². The molecular weight excluding hydrogens is 384 g/mol. The Morgan fingerprint density at radius 2 is 1.89 bits per heavy atom. The van der Waals surface area contributed by atoms with E-state index in [1.165, 1.54) is 30.3 Å². The molecule has 0 saturated heterocycles. The summed E-state index contributed by atoms with van der Waals surface area (Å²) in [6, 6.07) is 6.68. The molecule has 0 aliphatic carbocycles. The van der Waals surface area contributed by atoms with Crippen LogP contribution in [0.4, 0.5) is 0 Å². The number of hydrogen-bond donors (Lipinski definition) is 1. The van der Waals surface area contributed by atoms with Gasteiger partial charge in [0, 0.05) is 6.07 Å². The third-order valence-corrected chi connectivity index (χ3v) is 6.05. The van der Waals surface area contributed by atoms with Crippen molar-refractivity contribution in [2.24, 2.45) is 0 Å². The van der Waals surface area contributed by atoms with Crippen molar-refractivity contribution in [2.75, 3.05) is 5.75 Å². The van der Waals surface area contributed by atoms with Gasteiger partial charge in [0.2, 0.25) is 5.43 Å². The molecule has 8 heteroatoms. The first-order chi connectivity index (χ1) is 13.1. The first-order valence-electron chi connectivity index (χ1n) is 8.81. The van der Waals surface area contributed by atoms with Gasteiger partial charge in [-0.3, -0.25) is 4.79 Å². The van der Waals surface area contributed by atoms with Crippen molar-refractivity contribution >= 4 is 37.7 Å². The van der Waals surface area contributed by atoms with Crippen LogP contribution in [0.15, 0.2) is 44.4 Å².